The molecule has 0 bridgehead atoms. The van der Waals surface area contributed by atoms with Crippen LogP contribution in [-0.2, 0) is 9.59 Å². The molecule has 2 aliphatic rings. The zero-order chi connectivity index (χ0) is 16.3. The molecule has 6 heteroatoms. The number of hydrogen-bond acceptors (Lipinski definition) is 4. The Labute approximate surface area is 133 Å². The van der Waals surface area contributed by atoms with Gasteiger partial charge in [0.15, 0.2) is 0 Å². The number of carbonyl (C=O) groups is 2. The van der Waals surface area contributed by atoms with Crippen molar-refractivity contribution in [2.24, 2.45) is 11.7 Å². The maximum Gasteiger partial charge on any atom is 0.225 e. The van der Waals surface area contributed by atoms with E-state index in [1.807, 2.05) is 18.7 Å². The molecule has 2 atom stereocenters. The summed E-state index contributed by atoms with van der Waals surface area (Å²) in [5.41, 5.74) is 5.23. The Kier molecular flexibility index (Phi) is 5.45. The fourth-order valence-corrected chi connectivity index (χ4v) is 3.38. The van der Waals surface area contributed by atoms with Gasteiger partial charge in [-0.1, -0.05) is 6.92 Å². The number of carbonyl (C=O) groups excluding carboxylic acids is 2. The van der Waals surface area contributed by atoms with E-state index in [1.165, 1.54) is 6.42 Å². The maximum absolute atomic E-state index is 12.3. The third-order valence-electron chi connectivity index (χ3n) is 4.89. The van der Waals surface area contributed by atoms with E-state index in [9.17, 15) is 9.59 Å². The van der Waals surface area contributed by atoms with Gasteiger partial charge in [-0.05, 0) is 39.8 Å². The molecule has 2 aliphatic heterocycles. The highest BCUT2D eigenvalue weighted by molar-refractivity contribution is 5.89. The fourth-order valence-electron chi connectivity index (χ4n) is 3.38. The molecule has 2 rings (SSSR count). The molecule has 3 N–H and O–H groups in total. The van der Waals surface area contributed by atoms with Crippen LogP contribution in [0.4, 0.5) is 0 Å². The minimum Gasteiger partial charge on any atom is -0.350 e. The van der Waals surface area contributed by atoms with Gasteiger partial charge in [-0.15, -0.1) is 0 Å². The number of hydrogen-bond donors (Lipinski definition) is 2. The molecule has 0 saturated carbocycles. The number of nitrogens with one attached hydrogen (secondary N) is 1. The molecule has 0 aromatic carbocycles. The van der Waals surface area contributed by atoms with Gasteiger partial charge in [0.2, 0.25) is 11.8 Å². The molecular weight excluding hydrogens is 280 g/mol. The minimum absolute atomic E-state index is 0.0509. The van der Waals surface area contributed by atoms with Gasteiger partial charge in [0, 0.05) is 37.6 Å². The van der Waals surface area contributed by atoms with Gasteiger partial charge in [0.1, 0.15) is 0 Å². The van der Waals surface area contributed by atoms with Crippen LogP contribution < -0.4 is 11.1 Å². The molecule has 0 aliphatic carbocycles. The predicted molar refractivity (Wildman–Crippen MR) is 86.2 cm³/mol. The molecule has 22 heavy (non-hydrogen) atoms. The lowest BCUT2D eigenvalue weighted by Crippen LogP contribution is -2.51. The van der Waals surface area contributed by atoms with Crippen molar-refractivity contribution in [2.75, 3.05) is 32.7 Å². The van der Waals surface area contributed by atoms with E-state index in [1.54, 1.807) is 0 Å². The molecule has 0 aromatic rings. The van der Waals surface area contributed by atoms with Crippen molar-refractivity contribution >= 4 is 11.8 Å². The van der Waals surface area contributed by atoms with E-state index in [2.05, 4.69) is 17.1 Å². The summed E-state index contributed by atoms with van der Waals surface area (Å²) in [4.78, 5) is 28.8. The highest BCUT2D eigenvalue weighted by Crippen LogP contribution is 2.23. The normalized spacial score (nSPS) is 26.7. The first-order valence-corrected chi connectivity index (χ1v) is 8.40. The summed E-state index contributed by atoms with van der Waals surface area (Å²) in [6.07, 6.45) is 2.68. The Morgan fingerprint density at radius 3 is 2.82 bits per heavy atom. The molecule has 0 radical (unpaired) electrons. The first-order valence-electron chi connectivity index (χ1n) is 8.40. The van der Waals surface area contributed by atoms with Crippen LogP contribution in [0, 0.1) is 5.92 Å². The molecule has 2 unspecified atom stereocenters. The Balaban J connectivity index is 1.89. The topological polar surface area (TPSA) is 78.7 Å². The molecule has 2 heterocycles. The Bertz CT molecular complexity index is 424. The summed E-state index contributed by atoms with van der Waals surface area (Å²) < 4.78 is 0. The zero-order valence-electron chi connectivity index (χ0n) is 14.1. The number of nitrogens with zero attached hydrogens (tertiary/aromatic N) is 2. The third-order valence-corrected chi connectivity index (χ3v) is 4.89. The summed E-state index contributed by atoms with van der Waals surface area (Å²) in [6, 6.07) is 0.455. The van der Waals surface area contributed by atoms with Crippen LogP contribution in [-0.4, -0.2) is 65.9 Å². The van der Waals surface area contributed by atoms with E-state index in [-0.39, 0.29) is 17.7 Å². The Morgan fingerprint density at radius 1 is 1.45 bits per heavy atom. The van der Waals surface area contributed by atoms with Crippen molar-refractivity contribution in [3.05, 3.63) is 0 Å². The van der Waals surface area contributed by atoms with Gasteiger partial charge < -0.3 is 16.0 Å². The first-order chi connectivity index (χ1) is 10.4. The van der Waals surface area contributed by atoms with Crippen molar-refractivity contribution in [3.63, 3.8) is 0 Å². The van der Waals surface area contributed by atoms with Crippen LogP contribution in [0.5, 0.6) is 0 Å². The van der Waals surface area contributed by atoms with Crippen molar-refractivity contribution < 1.29 is 9.59 Å². The molecule has 2 saturated heterocycles. The molecule has 2 fully saturated rings. The molecule has 2 amide bonds. The van der Waals surface area contributed by atoms with Crippen LogP contribution in [0.25, 0.3) is 0 Å². The number of likely N-dealkylation sites (tertiary alicyclic amines) is 2. The van der Waals surface area contributed by atoms with Crippen LogP contribution >= 0.6 is 0 Å². The highest BCUT2D eigenvalue weighted by Gasteiger charge is 2.37. The standard InChI is InChI=1S/C16H30N4O2/c1-4-19-7-5-6-13(19)10-20-9-12(8-14(20)21)15(22)18-16(2,3)11-17/h12-13H,4-11,17H2,1-3H3,(H,18,22). The summed E-state index contributed by atoms with van der Waals surface area (Å²) in [5, 5.41) is 2.95. The fraction of sp³-hybridized carbons (Fsp3) is 0.875. The molecule has 6 nitrogen and oxygen atoms in total. The lowest BCUT2D eigenvalue weighted by molar-refractivity contribution is -0.129. The number of nitrogens with two attached hydrogens (primary N) is 1. The summed E-state index contributed by atoms with van der Waals surface area (Å²) in [5.74, 6) is -0.187. The lowest BCUT2D eigenvalue weighted by atomic mass is 10.0. The van der Waals surface area contributed by atoms with E-state index in [4.69, 9.17) is 5.73 Å². The second kappa shape index (κ2) is 6.96. The van der Waals surface area contributed by atoms with Gasteiger partial charge in [0.05, 0.1) is 5.92 Å². The number of likely N-dealkylation sites (N-methyl/N-ethyl adjacent to an activating group) is 1. The molecule has 0 spiro atoms. The lowest BCUT2D eigenvalue weighted by Gasteiger charge is -2.28. The maximum atomic E-state index is 12.3. The van der Waals surface area contributed by atoms with E-state index in [0.717, 1.165) is 26.1 Å². The van der Waals surface area contributed by atoms with Crippen LogP contribution in [0.3, 0.4) is 0 Å². The van der Waals surface area contributed by atoms with Crippen LogP contribution in [0.15, 0.2) is 0 Å². The van der Waals surface area contributed by atoms with E-state index >= 15 is 0 Å². The van der Waals surface area contributed by atoms with Crippen molar-refractivity contribution in [3.8, 4) is 0 Å². The number of rotatable bonds is 6. The Hall–Kier alpha value is -1.14. The summed E-state index contributed by atoms with van der Waals surface area (Å²) in [7, 11) is 0. The van der Waals surface area contributed by atoms with Gasteiger partial charge in [-0.25, -0.2) is 0 Å². The van der Waals surface area contributed by atoms with Gasteiger partial charge in [-0.2, -0.15) is 0 Å². The van der Waals surface area contributed by atoms with E-state index in [0.29, 0.717) is 25.6 Å². The SMILES string of the molecule is CCN1CCCC1CN1CC(C(=O)NC(C)(C)CN)CC1=O. The summed E-state index contributed by atoms with van der Waals surface area (Å²) in [6.45, 7) is 9.80. The largest absolute Gasteiger partial charge is 0.350 e. The quantitative estimate of drug-likeness (QED) is 0.733. The van der Waals surface area contributed by atoms with Crippen molar-refractivity contribution in [1.29, 1.82) is 0 Å². The van der Waals surface area contributed by atoms with Crippen LogP contribution in [0.2, 0.25) is 0 Å². The zero-order valence-corrected chi connectivity index (χ0v) is 14.1. The second-order valence-electron chi connectivity index (χ2n) is 7.20. The molecular formula is C16H30N4O2. The predicted octanol–water partition coefficient (Wildman–Crippen LogP) is 0.173. The third kappa shape index (κ3) is 3.98. The smallest absolute Gasteiger partial charge is 0.225 e. The van der Waals surface area contributed by atoms with Gasteiger partial charge in [0.25, 0.3) is 0 Å². The monoisotopic (exact) mass is 310 g/mol. The van der Waals surface area contributed by atoms with Crippen molar-refractivity contribution in [1.82, 2.24) is 15.1 Å². The average molecular weight is 310 g/mol. The second-order valence-corrected chi connectivity index (χ2v) is 7.20. The van der Waals surface area contributed by atoms with Crippen LogP contribution in [0.1, 0.15) is 40.0 Å². The number of amides is 2. The highest BCUT2D eigenvalue weighted by atomic mass is 16.2. The van der Waals surface area contributed by atoms with Crippen molar-refractivity contribution in [2.45, 2.75) is 51.6 Å². The average Bonchev–Trinajstić information content (AvgIpc) is 3.06. The summed E-state index contributed by atoms with van der Waals surface area (Å²) >= 11 is 0. The first kappa shape index (κ1) is 17.2. The van der Waals surface area contributed by atoms with Gasteiger partial charge in [-0.3, -0.25) is 14.5 Å². The minimum atomic E-state index is -0.419. The van der Waals surface area contributed by atoms with Gasteiger partial charge >= 0.3 is 0 Å². The Morgan fingerprint density at radius 2 is 2.18 bits per heavy atom. The van der Waals surface area contributed by atoms with E-state index < -0.39 is 5.54 Å². The molecule has 126 valence electrons. The molecule has 0 aromatic heterocycles.